The Hall–Kier alpha value is -0.880. The Labute approximate surface area is 128 Å². The number of aromatic nitrogens is 2. The van der Waals surface area contributed by atoms with Crippen molar-refractivity contribution in [3.05, 3.63) is 50.4 Å². The molecular weight excluding hydrogens is 355 g/mol. The van der Waals surface area contributed by atoms with E-state index in [1.165, 1.54) is 13.3 Å². The molecule has 0 bridgehead atoms. The van der Waals surface area contributed by atoms with Crippen molar-refractivity contribution in [2.45, 2.75) is 6.10 Å². The Balaban J connectivity index is 2.49. The molecule has 7 heteroatoms. The number of aliphatic hydroxyl groups is 1. The lowest BCUT2D eigenvalue weighted by atomic mass is 10.0. The summed E-state index contributed by atoms with van der Waals surface area (Å²) >= 11 is 14.9. The Morgan fingerprint density at radius 1 is 1.32 bits per heavy atom. The van der Waals surface area contributed by atoms with Gasteiger partial charge in [0.05, 0.1) is 7.11 Å². The average molecular weight is 364 g/mol. The van der Waals surface area contributed by atoms with E-state index in [1.807, 2.05) is 6.07 Å². The van der Waals surface area contributed by atoms with Gasteiger partial charge in [0.25, 0.3) is 0 Å². The fourth-order valence-electron chi connectivity index (χ4n) is 1.62. The molecule has 1 N–H and O–H groups in total. The largest absolute Gasteiger partial charge is 0.496 e. The highest BCUT2D eigenvalue weighted by Crippen LogP contribution is 2.34. The van der Waals surface area contributed by atoms with Gasteiger partial charge in [0.2, 0.25) is 5.28 Å². The summed E-state index contributed by atoms with van der Waals surface area (Å²) in [5, 5.41) is 10.5. The molecule has 0 fully saturated rings. The van der Waals surface area contributed by atoms with Crippen molar-refractivity contribution in [3.63, 3.8) is 0 Å². The van der Waals surface area contributed by atoms with Gasteiger partial charge >= 0.3 is 0 Å². The van der Waals surface area contributed by atoms with Gasteiger partial charge in [0, 0.05) is 21.8 Å². The summed E-state index contributed by atoms with van der Waals surface area (Å²) in [6.45, 7) is 0. The normalized spacial score (nSPS) is 12.3. The third-order valence-corrected chi connectivity index (χ3v) is 3.50. The summed E-state index contributed by atoms with van der Waals surface area (Å²) in [6, 6.07) is 5.30. The Morgan fingerprint density at radius 2 is 2.05 bits per heavy atom. The number of hydrogen-bond acceptors (Lipinski definition) is 4. The number of benzene rings is 1. The summed E-state index contributed by atoms with van der Waals surface area (Å²) < 4.78 is 6.03. The molecule has 2 rings (SSSR count). The van der Waals surface area contributed by atoms with Gasteiger partial charge in [-0.2, -0.15) is 0 Å². The van der Waals surface area contributed by atoms with E-state index in [0.717, 1.165) is 4.47 Å². The summed E-state index contributed by atoms with van der Waals surface area (Å²) in [5.41, 5.74) is 0.923. The van der Waals surface area contributed by atoms with Crippen LogP contribution < -0.4 is 4.74 Å². The first-order valence-electron chi connectivity index (χ1n) is 5.22. The molecule has 0 saturated heterocycles. The average Bonchev–Trinajstić information content (AvgIpc) is 2.38. The molecule has 0 aliphatic heterocycles. The van der Waals surface area contributed by atoms with E-state index in [9.17, 15) is 5.11 Å². The molecule has 1 unspecified atom stereocenters. The predicted molar refractivity (Wildman–Crippen MR) is 76.8 cm³/mol. The van der Waals surface area contributed by atoms with Gasteiger partial charge in [0.1, 0.15) is 17.0 Å². The fourth-order valence-corrected chi connectivity index (χ4v) is 2.41. The fraction of sp³-hybridized carbons (Fsp3) is 0.167. The highest BCUT2D eigenvalue weighted by Gasteiger charge is 2.20. The van der Waals surface area contributed by atoms with Crippen molar-refractivity contribution < 1.29 is 9.84 Å². The van der Waals surface area contributed by atoms with Crippen LogP contribution in [0, 0.1) is 0 Å². The second-order valence-electron chi connectivity index (χ2n) is 3.67. The van der Waals surface area contributed by atoms with Gasteiger partial charge < -0.3 is 9.84 Å². The summed E-state index contributed by atoms with van der Waals surface area (Å²) in [7, 11) is 1.53. The van der Waals surface area contributed by atoms with Crippen LogP contribution in [0.15, 0.2) is 28.9 Å². The lowest BCUT2D eigenvalue weighted by Crippen LogP contribution is -2.05. The summed E-state index contributed by atoms with van der Waals surface area (Å²) in [5.74, 6) is 0.543. The molecule has 1 aromatic heterocycles. The lowest BCUT2D eigenvalue weighted by Gasteiger charge is -2.16. The quantitative estimate of drug-likeness (QED) is 0.668. The standard InChI is InChI=1S/C12H9BrCl2N2O2/c1-19-9-3-2-6(13)4-7(9)10(18)8-5-16-12(15)17-11(8)14/h2-5,10,18H,1H3. The highest BCUT2D eigenvalue weighted by molar-refractivity contribution is 9.10. The number of rotatable bonds is 3. The third-order valence-electron chi connectivity index (χ3n) is 2.52. The van der Waals surface area contributed by atoms with E-state index >= 15 is 0 Å². The lowest BCUT2D eigenvalue weighted by molar-refractivity contribution is 0.214. The molecule has 19 heavy (non-hydrogen) atoms. The van der Waals surface area contributed by atoms with Crippen molar-refractivity contribution in [3.8, 4) is 5.75 Å². The van der Waals surface area contributed by atoms with Crippen LogP contribution >= 0.6 is 39.1 Å². The van der Waals surface area contributed by atoms with Crippen molar-refractivity contribution in [1.82, 2.24) is 9.97 Å². The Kier molecular flexibility index (Phi) is 4.62. The first-order valence-corrected chi connectivity index (χ1v) is 6.77. The molecule has 0 aliphatic carbocycles. The molecule has 2 aromatic rings. The van der Waals surface area contributed by atoms with Gasteiger partial charge in [0.15, 0.2) is 0 Å². The van der Waals surface area contributed by atoms with Crippen LogP contribution in [0.5, 0.6) is 5.75 Å². The first kappa shape index (κ1) is 14.5. The van der Waals surface area contributed by atoms with Gasteiger partial charge in [-0.3, -0.25) is 0 Å². The molecule has 0 spiro atoms. The predicted octanol–water partition coefficient (Wildman–Crippen LogP) is 3.64. The van der Waals surface area contributed by atoms with Crippen LogP contribution in [0.4, 0.5) is 0 Å². The molecule has 4 nitrogen and oxygen atoms in total. The van der Waals surface area contributed by atoms with E-state index < -0.39 is 6.10 Å². The smallest absolute Gasteiger partial charge is 0.223 e. The summed E-state index contributed by atoms with van der Waals surface area (Å²) in [4.78, 5) is 7.63. The highest BCUT2D eigenvalue weighted by atomic mass is 79.9. The van der Waals surface area contributed by atoms with Crippen LogP contribution in [0.1, 0.15) is 17.2 Å². The number of halogens is 3. The molecule has 0 aliphatic rings. The molecule has 1 heterocycles. The Bertz CT molecular complexity index is 610. The second-order valence-corrected chi connectivity index (χ2v) is 5.29. The van der Waals surface area contributed by atoms with Crippen LogP contribution in [-0.4, -0.2) is 22.2 Å². The molecular formula is C12H9BrCl2N2O2. The van der Waals surface area contributed by atoms with Crippen LogP contribution in [-0.2, 0) is 0 Å². The van der Waals surface area contributed by atoms with E-state index in [1.54, 1.807) is 12.1 Å². The van der Waals surface area contributed by atoms with Crippen molar-refractivity contribution in [2.75, 3.05) is 7.11 Å². The minimum atomic E-state index is -1.00. The van der Waals surface area contributed by atoms with E-state index in [0.29, 0.717) is 16.9 Å². The summed E-state index contributed by atoms with van der Waals surface area (Å²) in [6.07, 6.45) is 0.389. The van der Waals surface area contributed by atoms with E-state index in [-0.39, 0.29) is 10.4 Å². The third kappa shape index (κ3) is 3.17. The monoisotopic (exact) mass is 362 g/mol. The number of ether oxygens (including phenoxy) is 1. The maximum Gasteiger partial charge on any atom is 0.223 e. The molecule has 0 radical (unpaired) electrons. The number of nitrogens with zero attached hydrogens (tertiary/aromatic N) is 2. The van der Waals surface area contributed by atoms with Gasteiger partial charge in [-0.15, -0.1) is 0 Å². The van der Waals surface area contributed by atoms with Crippen LogP contribution in [0.2, 0.25) is 10.4 Å². The second kappa shape index (κ2) is 6.05. The van der Waals surface area contributed by atoms with Gasteiger partial charge in [-0.05, 0) is 29.8 Å². The topological polar surface area (TPSA) is 55.2 Å². The van der Waals surface area contributed by atoms with Crippen molar-refractivity contribution in [1.29, 1.82) is 0 Å². The first-order chi connectivity index (χ1) is 9.02. The van der Waals surface area contributed by atoms with Crippen LogP contribution in [0.25, 0.3) is 0 Å². The maximum absolute atomic E-state index is 10.4. The minimum absolute atomic E-state index is 0.0298. The maximum atomic E-state index is 10.4. The van der Waals surface area contributed by atoms with Gasteiger partial charge in [-0.25, -0.2) is 9.97 Å². The zero-order chi connectivity index (χ0) is 14.0. The van der Waals surface area contributed by atoms with Gasteiger partial charge in [-0.1, -0.05) is 27.5 Å². The van der Waals surface area contributed by atoms with E-state index in [4.69, 9.17) is 27.9 Å². The number of hydrogen-bond donors (Lipinski definition) is 1. The molecule has 0 amide bonds. The molecule has 0 saturated carbocycles. The van der Waals surface area contributed by atoms with Crippen molar-refractivity contribution in [2.24, 2.45) is 0 Å². The number of aliphatic hydroxyl groups excluding tert-OH is 1. The molecule has 1 aromatic carbocycles. The number of methoxy groups -OCH3 is 1. The van der Waals surface area contributed by atoms with E-state index in [2.05, 4.69) is 25.9 Å². The molecule has 100 valence electrons. The zero-order valence-electron chi connectivity index (χ0n) is 9.77. The Morgan fingerprint density at radius 3 is 2.68 bits per heavy atom. The van der Waals surface area contributed by atoms with Crippen LogP contribution in [0.3, 0.4) is 0 Å². The minimum Gasteiger partial charge on any atom is -0.496 e. The molecule has 1 atom stereocenters. The van der Waals surface area contributed by atoms with Crippen molar-refractivity contribution >= 4 is 39.1 Å². The zero-order valence-corrected chi connectivity index (χ0v) is 12.9. The SMILES string of the molecule is COc1ccc(Br)cc1C(O)c1cnc(Cl)nc1Cl.